The fourth-order valence-electron chi connectivity index (χ4n) is 5.67. The van der Waals surface area contributed by atoms with Gasteiger partial charge >= 0.3 is 6.03 Å². The van der Waals surface area contributed by atoms with Gasteiger partial charge in [0.25, 0.3) is 0 Å². The molecule has 1 aromatic rings. The molecule has 9 heteroatoms. The number of hydrogen-bond donors (Lipinski definition) is 1. The molecule has 1 aliphatic carbocycles. The summed E-state index contributed by atoms with van der Waals surface area (Å²) >= 11 is 6.37. The van der Waals surface area contributed by atoms with Crippen molar-refractivity contribution in [1.82, 2.24) is 15.1 Å². The van der Waals surface area contributed by atoms with Crippen LogP contribution >= 0.6 is 11.6 Å². The van der Waals surface area contributed by atoms with Crippen molar-refractivity contribution in [3.05, 3.63) is 23.2 Å². The summed E-state index contributed by atoms with van der Waals surface area (Å²) in [5.41, 5.74) is 1.68. The minimum absolute atomic E-state index is 0.00119. The Labute approximate surface area is 192 Å². The second-order valence-electron chi connectivity index (χ2n) is 10.0. The Morgan fingerprint density at radius 1 is 1.16 bits per heavy atom. The van der Waals surface area contributed by atoms with Crippen LogP contribution in [0.2, 0.25) is 5.02 Å². The van der Waals surface area contributed by atoms with E-state index in [1.54, 1.807) is 4.90 Å². The lowest BCUT2D eigenvalue weighted by Gasteiger charge is -2.57. The number of likely N-dealkylation sites (tertiary alicyclic amines) is 2. The van der Waals surface area contributed by atoms with Gasteiger partial charge in [0, 0.05) is 48.4 Å². The molecule has 1 saturated carbocycles. The van der Waals surface area contributed by atoms with E-state index < -0.39 is 0 Å². The van der Waals surface area contributed by atoms with Gasteiger partial charge in [-0.3, -0.25) is 4.79 Å². The van der Waals surface area contributed by atoms with E-state index in [2.05, 4.69) is 16.3 Å². The first-order valence-corrected chi connectivity index (χ1v) is 12.0. The van der Waals surface area contributed by atoms with E-state index in [1.807, 2.05) is 17.0 Å². The van der Waals surface area contributed by atoms with Gasteiger partial charge < -0.3 is 29.5 Å². The first-order chi connectivity index (χ1) is 15.5. The number of halogens is 1. The van der Waals surface area contributed by atoms with Gasteiger partial charge in [-0.2, -0.15) is 0 Å². The van der Waals surface area contributed by atoms with E-state index in [4.69, 9.17) is 21.1 Å². The molecule has 1 spiro atoms. The Bertz CT molecular complexity index is 925. The van der Waals surface area contributed by atoms with Gasteiger partial charge in [-0.05, 0) is 31.4 Å². The molecule has 3 amide bonds. The minimum atomic E-state index is -0.118. The summed E-state index contributed by atoms with van der Waals surface area (Å²) < 4.78 is 11.7. The summed E-state index contributed by atoms with van der Waals surface area (Å²) in [4.78, 5) is 30.5. The number of piperidine rings is 1. The first-order valence-electron chi connectivity index (χ1n) is 11.6. The number of carbonyl (C=O) groups is 2. The van der Waals surface area contributed by atoms with Gasteiger partial charge in [-0.15, -0.1) is 0 Å². The van der Waals surface area contributed by atoms with Gasteiger partial charge in [-0.25, -0.2) is 4.79 Å². The molecule has 6 rings (SSSR count). The van der Waals surface area contributed by atoms with Gasteiger partial charge in [0.15, 0.2) is 0 Å². The topological polar surface area (TPSA) is 74.3 Å². The van der Waals surface area contributed by atoms with E-state index in [1.165, 1.54) is 19.3 Å². The third kappa shape index (κ3) is 3.67. The molecule has 4 heterocycles. The standard InChI is InChI=1S/C23H29ClN4O4/c24-15-6-16(28-13-23(14-28)3-1-4-23)8-17(7-15)32-18-9-27(10-18)22(30)26-5-2-20-19(11-26)25-21(29)12-31-20/h6-8,18-20H,1-5,9-14H2,(H,25,29). The van der Waals surface area contributed by atoms with Crippen LogP contribution in [0.15, 0.2) is 18.2 Å². The molecule has 8 nitrogen and oxygen atoms in total. The third-order valence-corrected chi connectivity index (χ3v) is 7.92. The van der Waals surface area contributed by atoms with E-state index in [0.717, 1.165) is 30.9 Å². The monoisotopic (exact) mass is 460 g/mol. The average Bonchev–Trinajstić information content (AvgIpc) is 2.67. The highest BCUT2D eigenvalue weighted by atomic mass is 35.5. The lowest BCUT2D eigenvalue weighted by molar-refractivity contribution is -0.139. The Morgan fingerprint density at radius 2 is 1.97 bits per heavy atom. The zero-order valence-corrected chi connectivity index (χ0v) is 18.9. The maximum atomic E-state index is 12.9. The Balaban J connectivity index is 1.01. The molecule has 4 saturated heterocycles. The molecule has 5 aliphatic rings. The van der Waals surface area contributed by atoms with E-state index in [0.29, 0.717) is 36.6 Å². The summed E-state index contributed by atoms with van der Waals surface area (Å²) in [6.45, 7) is 4.59. The largest absolute Gasteiger partial charge is 0.487 e. The molecular formula is C23H29ClN4O4. The van der Waals surface area contributed by atoms with Gasteiger partial charge in [-0.1, -0.05) is 18.0 Å². The zero-order chi connectivity index (χ0) is 21.9. The number of fused-ring (bicyclic) bond motifs is 1. The van der Waals surface area contributed by atoms with Crippen LogP contribution in [0, 0.1) is 5.41 Å². The first kappa shape index (κ1) is 20.4. The van der Waals surface area contributed by atoms with Crippen LogP contribution in [0.1, 0.15) is 25.7 Å². The highest BCUT2D eigenvalue weighted by molar-refractivity contribution is 6.31. The van der Waals surface area contributed by atoms with Crippen molar-refractivity contribution in [2.75, 3.05) is 50.8 Å². The zero-order valence-electron chi connectivity index (χ0n) is 18.1. The number of hydrogen-bond acceptors (Lipinski definition) is 5. The van der Waals surface area contributed by atoms with Crippen molar-refractivity contribution in [1.29, 1.82) is 0 Å². The van der Waals surface area contributed by atoms with E-state index in [9.17, 15) is 9.59 Å². The summed E-state index contributed by atoms with van der Waals surface area (Å²) in [6.07, 6.45) is 4.76. The number of ether oxygens (including phenoxy) is 2. The minimum Gasteiger partial charge on any atom is -0.487 e. The van der Waals surface area contributed by atoms with Crippen molar-refractivity contribution in [2.45, 2.75) is 43.9 Å². The number of rotatable bonds is 3. The van der Waals surface area contributed by atoms with Crippen LogP contribution in [0.25, 0.3) is 0 Å². The maximum Gasteiger partial charge on any atom is 0.320 e. The predicted molar refractivity (Wildman–Crippen MR) is 119 cm³/mol. The van der Waals surface area contributed by atoms with Crippen molar-refractivity contribution >= 4 is 29.2 Å². The molecule has 2 atom stereocenters. The fraction of sp³-hybridized carbons (Fsp3) is 0.652. The number of anilines is 1. The molecule has 5 fully saturated rings. The number of carbonyl (C=O) groups excluding carboxylic acids is 2. The molecule has 4 aliphatic heterocycles. The second kappa shape index (κ2) is 7.70. The molecule has 172 valence electrons. The van der Waals surface area contributed by atoms with Crippen LogP contribution in [-0.2, 0) is 9.53 Å². The van der Waals surface area contributed by atoms with Crippen LogP contribution < -0.4 is 15.0 Å². The average molecular weight is 461 g/mol. The summed E-state index contributed by atoms with van der Waals surface area (Å²) in [7, 11) is 0. The van der Waals surface area contributed by atoms with E-state index >= 15 is 0 Å². The number of amides is 3. The summed E-state index contributed by atoms with van der Waals surface area (Å²) in [6, 6.07) is 5.81. The van der Waals surface area contributed by atoms with Crippen LogP contribution in [0.5, 0.6) is 5.75 Å². The normalized spacial score (nSPS) is 28.9. The highest BCUT2D eigenvalue weighted by Crippen LogP contribution is 2.50. The summed E-state index contributed by atoms with van der Waals surface area (Å²) in [5, 5.41) is 3.62. The lowest BCUT2D eigenvalue weighted by Crippen LogP contribution is -2.65. The smallest absolute Gasteiger partial charge is 0.320 e. The molecule has 32 heavy (non-hydrogen) atoms. The van der Waals surface area contributed by atoms with E-state index in [-0.39, 0.29) is 36.8 Å². The molecular weight excluding hydrogens is 432 g/mol. The van der Waals surface area contributed by atoms with Crippen LogP contribution in [-0.4, -0.2) is 85.9 Å². The summed E-state index contributed by atoms with van der Waals surface area (Å²) in [5.74, 6) is 0.655. The van der Waals surface area contributed by atoms with Gasteiger partial charge in [0.05, 0.1) is 25.2 Å². The molecule has 1 N–H and O–H groups in total. The fourth-order valence-corrected chi connectivity index (χ4v) is 5.89. The Morgan fingerprint density at radius 3 is 2.72 bits per heavy atom. The molecule has 0 radical (unpaired) electrons. The van der Waals surface area contributed by atoms with Crippen molar-refractivity contribution < 1.29 is 19.1 Å². The third-order valence-electron chi connectivity index (χ3n) is 7.70. The maximum absolute atomic E-state index is 12.9. The Hall–Kier alpha value is -2.19. The lowest BCUT2D eigenvalue weighted by atomic mass is 9.63. The highest BCUT2D eigenvalue weighted by Gasteiger charge is 2.47. The molecule has 1 aromatic carbocycles. The van der Waals surface area contributed by atoms with Gasteiger partial charge in [0.2, 0.25) is 5.91 Å². The quantitative estimate of drug-likeness (QED) is 0.747. The number of urea groups is 1. The van der Waals surface area contributed by atoms with Crippen molar-refractivity contribution in [2.24, 2.45) is 5.41 Å². The number of nitrogens with zero attached hydrogens (tertiary/aromatic N) is 3. The van der Waals surface area contributed by atoms with Crippen molar-refractivity contribution in [3.63, 3.8) is 0 Å². The number of benzene rings is 1. The molecule has 0 bridgehead atoms. The van der Waals surface area contributed by atoms with Gasteiger partial charge in [0.1, 0.15) is 18.5 Å². The van der Waals surface area contributed by atoms with Crippen molar-refractivity contribution in [3.8, 4) is 5.75 Å². The second-order valence-corrected chi connectivity index (χ2v) is 10.5. The molecule has 0 aromatic heterocycles. The van der Waals surface area contributed by atoms with Crippen LogP contribution in [0.4, 0.5) is 10.5 Å². The SMILES string of the molecule is O=C1COC2CCN(C(=O)N3CC(Oc4cc(Cl)cc(N5CC6(CCC6)C5)c4)C3)CC2N1. The number of nitrogens with one attached hydrogen (secondary N) is 1. The van der Waals surface area contributed by atoms with Crippen LogP contribution in [0.3, 0.4) is 0 Å². The molecule has 2 unspecified atom stereocenters. The Kier molecular flexibility index (Phi) is 4.91. The predicted octanol–water partition coefficient (Wildman–Crippen LogP) is 2.10. The number of morpholine rings is 1.